The standard InChI is InChI=1S/C22H19BrN2O3/c1-25(15-17-10-5-6-12-19(17)23)22(27)20(14-18-11-7-13-28-18)24-21(26)16-8-3-2-4-9-16/h2-14H,15H2,1H3,(H,24,26)/b20-14-. The number of nitrogens with one attached hydrogen (secondary N) is 1. The zero-order valence-corrected chi connectivity index (χ0v) is 16.8. The summed E-state index contributed by atoms with van der Waals surface area (Å²) in [6.45, 7) is 0.386. The normalized spacial score (nSPS) is 11.1. The molecule has 0 bridgehead atoms. The minimum absolute atomic E-state index is 0.137. The van der Waals surface area contributed by atoms with Crippen molar-refractivity contribution in [2.45, 2.75) is 6.54 Å². The van der Waals surface area contributed by atoms with E-state index in [1.54, 1.807) is 48.3 Å². The van der Waals surface area contributed by atoms with Crippen molar-refractivity contribution >= 4 is 33.8 Å². The van der Waals surface area contributed by atoms with E-state index in [4.69, 9.17) is 4.42 Å². The molecule has 0 spiro atoms. The summed E-state index contributed by atoms with van der Waals surface area (Å²) in [6, 6.07) is 19.9. The molecule has 1 aromatic heterocycles. The molecule has 0 aliphatic heterocycles. The maximum Gasteiger partial charge on any atom is 0.270 e. The van der Waals surface area contributed by atoms with Crippen LogP contribution in [0.15, 0.2) is 87.6 Å². The number of nitrogens with zero attached hydrogens (tertiary/aromatic N) is 1. The summed E-state index contributed by atoms with van der Waals surface area (Å²) in [6.07, 6.45) is 3.04. The van der Waals surface area contributed by atoms with E-state index in [1.807, 2.05) is 30.3 Å². The van der Waals surface area contributed by atoms with Gasteiger partial charge >= 0.3 is 0 Å². The molecule has 0 aliphatic rings. The number of amides is 2. The highest BCUT2D eigenvalue weighted by molar-refractivity contribution is 9.10. The molecule has 0 fully saturated rings. The monoisotopic (exact) mass is 438 g/mol. The minimum atomic E-state index is -0.360. The number of carbonyl (C=O) groups is 2. The number of furan rings is 1. The Morgan fingerprint density at radius 3 is 2.43 bits per heavy atom. The van der Waals surface area contributed by atoms with Crippen molar-refractivity contribution in [1.82, 2.24) is 10.2 Å². The highest BCUT2D eigenvalue weighted by Gasteiger charge is 2.19. The number of halogens is 1. The van der Waals surface area contributed by atoms with Crippen LogP contribution >= 0.6 is 15.9 Å². The summed E-state index contributed by atoms with van der Waals surface area (Å²) in [4.78, 5) is 27.1. The molecule has 0 atom stereocenters. The summed E-state index contributed by atoms with van der Waals surface area (Å²) in [7, 11) is 1.69. The van der Waals surface area contributed by atoms with Crippen LogP contribution in [-0.4, -0.2) is 23.8 Å². The smallest absolute Gasteiger partial charge is 0.270 e. The molecular weight excluding hydrogens is 420 g/mol. The van der Waals surface area contributed by atoms with Crippen LogP contribution in [0.2, 0.25) is 0 Å². The molecular formula is C22H19BrN2O3. The lowest BCUT2D eigenvalue weighted by molar-refractivity contribution is -0.126. The van der Waals surface area contributed by atoms with Crippen molar-refractivity contribution in [2.75, 3.05) is 7.05 Å². The number of hydrogen-bond acceptors (Lipinski definition) is 3. The molecule has 2 aromatic carbocycles. The zero-order valence-electron chi connectivity index (χ0n) is 15.3. The largest absolute Gasteiger partial charge is 0.465 e. The average Bonchev–Trinajstić information content (AvgIpc) is 3.22. The predicted molar refractivity (Wildman–Crippen MR) is 111 cm³/mol. The van der Waals surface area contributed by atoms with Crippen LogP contribution in [0.25, 0.3) is 6.08 Å². The van der Waals surface area contributed by atoms with Crippen molar-refractivity contribution in [3.8, 4) is 0 Å². The second kappa shape index (κ2) is 9.19. The quantitative estimate of drug-likeness (QED) is 0.577. The van der Waals surface area contributed by atoms with Gasteiger partial charge in [0.1, 0.15) is 11.5 Å². The summed E-state index contributed by atoms with van der Waals surface area (Å²) in [5.41, 5.74) is 1.57. The van der Waals surface area contributed by atoms with E-state index >= 15 is 0 Å². The van der Waals surface area contributed by atoms with Gasteiger partial charge < -0.3 is 14.6 Å². The van der Waals surface area contributed by atoms with Crippen LogP contribution in [0.3, 0.4) is 0 Å². The maximum atomic E-state index is 13.0. The van der Waals surface area contributed by atoms with Crippen molar-refractivity contribution in [3.05, 3.63) is 100 Å². The van der Waals surface area contributed by atoms with Crippen LogP contribution in [0.5, 0.6) is 0 Å². The van der Waals surface area contributed by atoms with Gasteiger partial charge in [-0.25, -0.2) is 0 Å². The Morgan fingerprint density at radius 2 is 1.75 bits per heavy atom. The van der Waals surface area contributed by atoms with Gasteiger partial charge in [-0.1, -0.05) is 52.3 Å². The second-order valence-electron chi connectivity index (χ2n) is 6.15. The van der Waals surface area contributed by atoms with Gasteiger partial charge in [-0.2, -0.15) is 0 Å². The fourth-order valence-electron chi connectivity index (χ4n) is 2.61. The Morgan fingerprint density at radius 1 is 1.04 bits per heavy atom. The Bertz CT molecular complexity index is 982. The minimum Gasteiger partial charge on any atom is -0.465 e. The van der Waals surface area contributed by atoms with Crippen LogP contribution in [0, 0.1) is 0 Å². The predicted octanol–water partition coefficient (Wildman–Crippen LogP) is 4.47. The van der Waals surface area contributed by atoms with Gasteiger partial charge in [0.25, 0.3) is 11.8 Å². The van der Waals surface area contributed by atoms with Gasteiger partial charge in [0, 0.05) is 29.7 Å². The Hall–Kier alpha value is -3.12. The van der Waals surface area contributed by atoms with Gasteiger partial charge in [0.2, 0.25) is 0 Å². The molecule has 0 saturated heterocycles. The third-order valence-electron chi connectivity index (χ3n) is 4.06. The van der Waals surface area contributed by atoms with E-state index in [0.717, 1.165) is 10.0 Å². The first-order valence-electron chi connectivity index (χ1n) is 8.65. The number of rotatable bonds is 6. The molecule has 0 radical (unpaired) electrons. The average molecular weight is 439 g/mol. The van der Waals surface area contributed by atoms with Crippen molar-refractivity contribution in [1.29, 1.82) is 0 Å². The van der Waals surface area contributed by atoms with E-state index in [2.05, 4.69) is 21.2 Å². The van der Waals surface area contributed by atoms with Crippen LogP contribution in [0.4, 0.5) is 0 Å². The third-order valence-corrected chi connectivity index (χ3v) is 4.83. The molecule has 28 heavy (non-hydrogen) atoms. The summed E-state index contributed by atoms with van der Waals surface area (Å²) < 4.78 is 6.23. The molecule has 3 aromatic rings. The molecule has 0 unspecified atom stereocenters. The first kappa shape index (κ1) is 19.6. The zero-order chi connectivity index (χ0) is 19.9. The Kier molecular flexibility index (Phi) is 6.45. The van der Waals surface area contributed by atoms with Crippen molar-refractivity contribution in [3.63, 3.8) is 0 Å². The van der Waals surface area contributed by atoms with Gasteiger partial charge in [0.15, 0.2) is 0 Å². The lowest BCUT2D eigenvalue weighted by atomic mass is 10.2. The number of likely N-dealkylation sites (N-methyl/N-ethyl adjacent to an activating group) is 1. The summed E-state index contributed by atoms with van der Waals surface area (Å²) in [5, 5.41) is 2.71. The molecule has 2 amide bonds. The molecule has 0 saturated carbocycles. The lowest BCUT2D eigenvalue weighted by Crippen LogP contribution is -2.36. The summed E-state index contributed by atoms with van der Waals surface area (Å²) in [5.74, 6) is -0.205. The van der Waals surface area contributed by atoms with E-state index in [1.165, 1.54) is 12.3 Å². The summed E-state index contributed by atoms with van der Waals surface area (Å²) >= 11 is 3.49. The number of hydrogen-bond donors (Lipinski definition) is 1. The molecule has 3 rings (SSSR count). The fraction of sp³-hybridized carbons (Fsp3) is 0.0909. The Labute approximate surface area is 171 Å². The molecule has 1 N–H and O–H groups in total. The maximum absolute atomic E-state index is 13.0. The second-order valence-corrected chi connectivity index (χ2v) is 7.00. The van der Waals surface area contributed by atoms with E-state index in [-0.39, 0.29) is 17.5 Å². The highest BCUT2D eigenvalue weighted by atomic mass is 79.9. The number of benzene rings is 2. The van der Waals surface area contributed by atoms with Crippen LogP contribution < -0.4 is 5.32 Å². The Balaban J connectivity index is 1.83. The lowest BCUT2D eigenvalue weighted by Gasteiger charge is -2.20. The van der Waals surface area contributed by atoms with Crippen LogP contribution in [0.1, 0.15) is 21.7 Å². The van der Waals surface area contributed by atoms with Gasteiger partial charge in [-0.3, -0.25) is 9.59 Å². The number of carbonyl (C=O) groups excluding carboxylic acids is 2. The highest BCUT2D eigenvalue weighted by Crippen LogP contribution is 2.18. The van der Waals surface area contributed by atoms with Gasteiger partial charge in [-0.05, 0) is 35.9 Å². The fourth-order valence-corrected chi connectivity index (χ4v) is 3.02. The third kappa shape index (κ3) is 4.98. The molecule has 6 heteroatoms. The van der Waals surface area contributed by atoms with E-state index in [9.17, 15) is 9.59 Å². The molecule has 142 valence electrons. The SMILES string of the molecule is CN(Cc1ccccc1Br)C(=O)/C(=C/c1ccco1)NC(=O)c1ccccc1. The van der Waals surface area contributed by atoms with E-state index < -0.39 is 0 Å². The first-order chi connectivity index (χ1) is 13.5. The molecule has 5 nitrogen and oxygen atoms in total. The van der Waals surface area contributed by atoms with Crippen molar-refractivity contribution in [2.24, 2.45) is 0 Å². The van der Waals surface area contributed by atoms with Gasteiger partial charge in [0.05, 0.1) is 6.26 Å². The molecule has 0 aliphatic carbocycles. The molecule has 1 heterocycles. The topological polar surface area (TPSA) is 62.6 Å². The van der Waals surface area contributed by atoms with E-state index in [0.29, 0.717) is 17.9 Å². The first-order valence-corrected chi connectivity index (χ1v) is 9.44. The van der Waals surface area contributed by atoms with Crippen LogP contribution in [-0.2, 0) is 11.3 Å². The van der Waals surface area contributed by atoms with Crippen molar-refractivity contribution < 1.29 is 14.0 Å². The van der Waals surface area contributed by atoms with Gasteiger partial charge in [-0.15, -0.1) is 0 Å².